The Balaban J connectivity index is 1.56. The number of hydrogen-bond donors (Lipinski definition) is 0. The fraction of sp³-hybridized carbons (Fsp3) is 0.400. The van der Waals surface area contributed by atoms with E-state index in [9.17, 15) is 0 Å². The molecule has 2 aliphatic heterocycles. The summed E-state index contributed by atoms with van der Waals surface area (Å²) in [5, 5.41) is 8.78. The van der Waals surface area contributed by atoms with E-state index in [4.69, 9.17) is 18.8 Å². The molecule has 1 saturated heterocycles. The highest BCUT2D eigenvalue weighted by Gasteiger charge is 2.52. The standard InChI is InChI=1S/C20H21BIN3O4/c1-19(2)20(3,4)29-21(28-19)13-6-5-7-15-18(13)25(24-23-15)10-12-8-16-17(9-14(12)22)27-11-26-16/h5-9H,10-11H2,1-4H3. The normalized spacial score (nSPS) is 19.3. The molecule has 0 bridgehead atoms. The second-order valence-electron chi connectivity index (χ2n) is 8.35. The first kappa shape index (κ1) is 19.1. The fourth-order valence-electron chi connectivity index (χ4n) is 3.57. The molecule has 0 spiro atoms. The highest BCUT2D eigenvalue weighted by atomic mass is 127. The minimum absolute atomic E-state index is 0.257. The molecule has 2 aliphatic rings. The van der Waals surface area contributed by atoms with Crippen LogP contribution >= 0.6 is 22.6 Å². The zero-order chi connectivity index (χ0) is 20.4. The van der Waals surface area contributed by atoms with Crippen LogP contribution in [0, 0.1) is 3.57 Å². The van der Waals surface area contributed by atoms with Gasteiger partial charge in [-0.1, -0.05) is 17.3 Å². The quantitative estimate of drug-likeness (QED) is 0.403. The first-order valence-corrected chi connectivity index (χ1v) is 10.6. The van der Waals surface area contributed by atoms with Crippen LogP contribution in [0.2, 0.25) is 0 Å². The molecule has 150 valence electrons. The smallest absolute Gasteiger partial charge is 0.454 e. The maximum Gasteiger partial charge on any atom is 0.497 e. The van der Waals surface area contributed by atoms with Crippen molar-refractivity contribution in [2.45, 2.75) is 45.4 Å². The Bertz CT molecular complexity index is 1100. The van der Waals surface area contributed by atoms with E-state index in [0.717, 1.165) is 37.1 Å². The van der Waals surface area contributed by atoms with E-state index in [2.05, 4.69) is 60.6 Å². The number of para-hydroxylation sites is 1. The molecule has 3 aromatic rings. The summed E-state index contributed by atoms with van der Waals surface area (Å²) in [7, 11) is -0.475. The predicted molar refractivity (Wildman–Crippen MR) is 118 cm³/mol. The minimum atomic E-state index is -0.475. The molecule has 3 heterocycles. The molecular weight excluding hydrogens is 484 g/mol. The van der Waals surface area contributed by atoms with Gasteiger partial charge in [-0.15, -0.1) is 5.10 Å². The predicted octanol–water partition coefficient (Wildman–Crippen LogP) is 3.11. The number of halogens is 1. The van der Waals surface area contributed by atoms with Crippen molar-refractivity contribution in [1.29, 1.82) is 0 Å². The van der Waals surface area contributed by atoms with Crippen LogP contribution in [-0.2, 0) is 15.9 Å². The van der Waals surface area contributed by atoms with Crippen LogP contribution < -0.4 is 14.9 Å². The van der Waals surface area contributed by atoms with E-state index in [0.29, 0.717) is 6.54 Å². The van der Waals surface area contributed by atoms with Gasteiger partial charge in [0.15, 0.2) is 11.5 Å². The van der Waals surface area contributed by atoms with Crippen molar-refractivity contribution in [1.82, 2.24) is 15.0 Å². The Labute approximate surface area is 182 Å². The van der Waals surface area contributed by atoms with E-state index in [1.165, 1.54) is 0 Å². The van der Waals surface area contributed by atoms with Crippen molar-refractivity contribution in [3.63, 3.8) is 0 Å². The van der Waals surface area contributed by atoms with E-state index in [1.54, 1.807) is 0 Å². The van der Waals surface area contributed by atoms with Crippen LogP contribution in [-0.4, -0.2) is 40.1 Å². The molecule has 0 atom stereocenters. The van der Waals surface area contributed by atoms with Gasteiger partial charge in [0.2, 0.25) is 6.79 Å². The summed E-state index contributed by atoms with van der Waals surface area (Å²) in [6, 6.07) is 9.95. The molecule has 1 fully saturated rings. The Morgan fingerprint density at radius 3 is 2.48 bits per heavy atom. The lowest BCUT2D eigenvalue weighted by atomic mass is 9.78. The van der Waals surface area contributed by atoms with Gasteiger partial charge in [-0.05, 0) is 74.0 Å². The maximum atomic E-state index is 6.29. The highest BCUT2D eigenvalue weighted by molar-refractivity contribution is 14.1. The molecule has 0 amide bonds. The minimum Gasteiger partial charge on any atom is -0.454 e. The van der Waals surface area contributed by atoms with Crippen LogP contribution in [0.5, 0.6) is 11.5 Å². The van der Waals surface area contributed by atoms with Crippen LogP contribution in [0.1, 0.15) is 33.3 Å². The second kappa shape index (κ2) is 6.58. The van der Waals surface area contributed by atoms with Crippen LogP contribution in [0.4, 0.5) is 0 Å². The van der Waals surface area contributed by atoms with Crippen molar-refractivity contribution in [3.05, 3.63) is 39.5 Å². The summed E-state index contributed by atoms with van der Waals surface area (Å²) in [4.78, 5) is 0. The largest absolute Gasteiger partial charge is 0.497 e. The van der Waals surface area contributed by atoms with Gasteiger partial charge in [-0.3, -0.25) is 0 Å². The average molecular weight is 505 g/mol. The Kier molecular flexibility index (Phi) is 4.34. The first-order chi connectivity index (χ1) is 13.7. The summed E-state index contributed by atoms with van der Waals surface area (Å²) >= 11 is 2.31. The first-order valence-electron chi connectivity index (χ1n) is 9.51. The van der Waals surface area contributed by atoms with E-state index < -0.39 is 18.3 Å². The third-order valence-electron chi connectivity index (χ3n) is 5.93. The Morgan fingerprint density at radius 2 is 1.76 bits per heavy atom. The van der Waals surface area contributed by atoms with E-state index in [-0.39, 0.29) is 6.79 Å². The molecule has 7 nitrogen and oxygen atoms in total. The maximum absolute atomic E-state index is 6.29. The van der Waals surface area contributed by atoms with Crippen LogP contribution in [0.25, 0.3) is 11.0 Å². The SMILES string of the molecule is CC1(C)OB(c2cccc3nnn(Cc4cc5c(cc4I)OCO5)c23)OC1(C)C. The molecule has 29 heavy (non-hydrogen) atoms. The molecule has 2 aromatic carbocycles. The van der Waals surface area contributed by atoms with E-state index >= 15 is 0 Å². The number of rotatable bonds is 3. The van der Waals surface area contributed by atoms with Crippen molar-refractivity contribution in [3.8, 4) is 11.5 Å². The number of ether oxygens (including phenoxy) is 2. The molecule has 9 heteroatoms. The number of benzene rings is 2. The molecule has 0 unspecified atom stereocenters. The molecule has 1 aromatic heterocycles. The number of nitrogens with zero attached hydrogens (tertiary/aromatic N) is 3. The van der Waals surface area contributed by atoms with Crippen molar-refractivity contribution < 1.29 is 18.8 Å². The van der Waals surface area contributed by atoms with Gasteiger partial charge in [0.05, 0.1) is 23.3 Å². The number of aromatic nitrogens is 3. The number of hydrogen-bond acceptors (Lipinski definition) is 6. The lowest BCUT2D eigenvalue weighted by Crippen LogP contribution is -2.41. The van der Waals surface area contributed by atoms with Crippen molar-refractivity contribution >= 4 is 46.2 Å². The van der Waals surface area contributed by atoms with Gasteiger partial charge in [-0.2, -0.15) is 0 Å². The Hall–Kier alpha value is -1.85. The third-order valence-corrected chi connectivity index (χ3v) is 6.94. The molecule has 0 saturated carbocycles. The number of fused-ring (bicyclic) bond motifs is 2. The van der Waals surface area contributed by atoms with E-state index in [1.807, 2.05) is 35.0 Å². The van der Waals surface area contributed by atoms with Gasteiger partial charge in [-0.25, -0.2) is 4.68 Å². The fourth-order valence-corrected chi connectivity index (χ4v) is 4.18. The second-order valence-corrected chi connectivity index (χ2v) is 9.51. The monoisotopic (exact) mass is 505 g/mol. The summed E-state index contributed by atoms with van der Waals surface area (Å²) in [6.45, 7) is 9.03. The van der Waals surface area contributed by atoms with Crippen molar-refractivity contribution in [2.24, 2.45) is 0 Å². The molecule has 0 aliphatic carbocycles. The molecule has 0 radical (unpaired) electrons. The summed E-state index contributed by atoms with van der Waals surface area (Å²) in [5.41, 5.74) is 2.93. The summed E-state index contributed by atoms with van der Waals surface area (Å²) in [5.74, 6) is 1.54. The summed E-state index contributed by atoms with van der Waals surface area (Å²) in [6.07, 6.45) is 0. The third kappa shape index (κ3) is 3.10. The highest BCUT2D eigenvalue weighted by Crippen LogP contribution is 2.38. The zero-order valence-corrected chi connectivity index (χ0v) is 18.9. The lowest BCUT2D eigenvalue weighted by molar-refractivity contribution is 0.00578. The Morgan fingerprint density at radius 1 is 1.07 bits per heavy atom. The van der Waals surface area contributed by atoms with Crippen LogP contribution in [0.3, 0.4) is 0 Å². The topological polar surface area (TPSA) is 67.6 Å². The summed E-state index contributed by atoms with van der Waals surface area (Å²) < 4.78 is 26.6. The molecular formula is C20H21BIN3O4. The van der Waals surface area contributed by atoms with Gasteiger partial charge >= 0.3 is 7.12 Å². The zero-order valence-electron chi connectivity index (χ0n) is 16.7. The molecule has 5 rings (SSSR count). The van der Waals surface area contributed by atoms with Gasteiger partial charge < -0.3 is 18.8 Å². The molecule has 0 N–H and O–H groups in total. The van der Waals surface area contributed by atoms with Gasteiger partial charge in [0, 0.05) is 9.03 Å². The average Bonchev–Trinajstić information content (AvgIpc) is 3.32. The van der Waals surface area contributed by atoms with Crippen LogP contribution in [0.15, 0.2) is 30.3 Å². The van der Waals surface area contributed by atoms with Gasteiger partial charge in [0.1, 0.15) is 5.52 Å². The lowest BCUT2D eigenvalue weighted by Gasteiger charge is -2.32. The van der Waals surface area contributed by atoms with Crippen molar-refractivity contribution in [2.75, 3.05) is 6.79 Å². The van der Waals surface area contributed by atoms with Gasteiger partial charge in [0.25, 0.3) is 0 Å².